The van der Waals surface area contributed by atoms with Crippen molar-refractivity contribution < 1.29 is 44.1 Å². The Bertz CT molecular complexity index is 1100. The largest absolute Gasteiger partial charge is 0.481 e. The van der Waals surface area contributed by atoms with Gasteiger partial charge in [0.25, 0.3) is 0 Å². The summed E-state index contributed by atoms with van der Waals surface area (Å²) in [5, 5.41) is 30.9. The summed E-state index contributed by atoms with van der Waals surface area (Å²) in [6.07, 6.45) is 22.8. The van der Waals surface area contributed by atoms with E-state index in [0.29, 0.717) is 12.8 Å². The zero-order valence-corrected chi connectivity index (χ0v) is 26.6. The second kappa shape index (κ2) is 26.4. The van der Waals surface area contributed by atoms with E-state index in [1.165, 1.54) is 11.8 Å². The van der Waals surface area contributed by atoms with Gasteiger partial charge in [-0.15, -0.1) is 0 Å². The first-order valence-electron chi connectivity index (χ1n) is 14.8. The lowest BCUT2D eigenvalue weighted by Crippen LogP contribution is -2.49. The van der Waals surface area contributed by atoms with E-state index in [0.717, 1.165) is 19.3 Å². The maximum Gasteiger partial charge on any atom is 0.322 e. The van der Waals surface area contributed by atoms with Gasteiger partial charge in [-0.25, -0.2) is 0 Å². The number of nitrogens with two attached hydrogens (primary N) is 1. The minimum atomic E-state index is -1.26. The van der Waals surface area contributed by atoms with E-state index < -0.39 is 48.4 Å². The Labute approximate surface area is 269 Å². The maximum absolute atomic E-state index is 12.7. The molecule has 0 bridgehead atoms. The normalized spacial score (nSPS) is 13.9. The summed E-state index contributed by atoms with van der Waals surface area (Å²) in [6, 6.07) is -2.36. The fraction of sp³-hybridized carbons (Fsp3) is 0.500. The molecule has 0 aromatic rings. The molecule has 13 heteroatoms. The van der Waals surface area contributed by atoms with Crippen LogP contribution in [0.1, 0.15) is 71.1 Å². The molecule has 2 amide bonds. The number of carboxylic acids is 3. The SMILES string of the molecule is CC/C=C\CC(=O)CC(/C=C\C/C=C\C/C=C\C/C=C\CCC(=O)O)SC[C@H](NC(=O)CC[C@H](N)C(=O)O)C(=O)NCC(=O)O. The zero-order chi connectivity index (χ0) is 33.9. The predicted molar refractivity (Wildman–Crippen MR) is 175 cm³/mol. The van der Waals surface area contributed by atoms with E-state index in [2.05, 4.69) is 10.6 Å². The lowest BCUT2D eigenvalue weighted by Gasteiger charge is -2.20. The molecule has 0 saturated heterocycles. The third-order valence-electron chi connectivity index (χ3n) is 5.91. The number of aliphatic carboxylic acids is 3. The number of nitrogens with one attached hydrogen (secondary N) is 2. The lowest BCUT2D eigenvalue weighted by molar-refractivity contribution is -0.139. The first kappa shape index (κ1) is 41.0. The molecular formula is C32H47N3O9S. The molecule has 0 spiro atoms. The Kier molecular flexibility index (Phi) is 24.1. The number of thioether (sulfide) groups is 1. The smallest absolute Gasteiger partial charge is 0.322 e. The van der Waals surface area contributed by atoms with Crippen molar-refractivity contribution in [1.29, 1.82) is 0 Å². The molecule has 0 aliphatic heterocycles. The fourth-order valence-electron chi connectivity index (χ4n) is 3.51. The van der Waals surface area contributed by atoms with E-state index in [1.54, 1.807) is 6.08 Å². The number of amides is 2. The highest BCUT2D eigenvalue weighted by molar-refractivity contribution is 8.00. The van der Waals surface area contributed by atoms with Gasteiger partial charge in [0.05, 0.1) is 0 Å². The van der Waals surface area contributed by atoms with Crippen LogP contribution in [0.4, 0.5) is 0 Å². The molecule has 0 heterocycles. The van der Waals surface area contributed by atoms with Crippen molar-refractivity contribution in [3.63, 3.8) is 0 Å². The standard InChI is InChI=1S/C32H47N3O9S/c1-2-3-13-16-24(36)21-25(17-14-11-9-7-5-4-6-8-10-12-15-18-29(38)39)45-23-27(31(42)34-22-30(40)41)35-28(37)20-19-26(33)32(43)44/h3-4,6-7,9-10,12-14,17,25-27H,2,5,8,11,15-16,18-23,33H2,1H3,(H,34,42)(H,35,37)(H,38,39)(H,40,41)(H,43,44)/b6-4-,9-7-,12-10-,13-3-,17-14-/t25?,26-,27-/m0/s1. The van der Waals surface area contributed by atoms with Gasteiger partial charge in [0.15, 0.2) is 0 Å². The van der Waals surface area contributed by atoms with Crippen LogP contribution in [0.25, 0.3) is 0 Å². The van der Waals surface area contributed by atoms with Crippen LogP contribution in [-0.2, 0) is 28.8 Å². The maximum atomic E-state index is 12.7. The number of allylic oxidation sites excluding steroid dienone is 9. The molecule has 0 aromatic heterocycles. The van der Waals surface area contributed by atoms with E-state index in [4.69, 9.17) is 21.1 Å². The first-order chi connectivity index (χ1) is 21.5. The quantitative estimate of drug-likeness (QED) is 0.0746. The van der Waals surface area contributed by atoms with Crippen molar-refractivity contribution in [2.24, 2.45) is 5.73 Å². The molecule has 0 aromatic carbocycles. The van der Waals surface area contributed by atoms with Crippen molar-refractivity contribution in [2.45, 2.75) is 88.5 Å². The van der Waals surface area contributed by atoms with Gasteiger partial charge in [-0.2, -0.15) is 11.8 Å². The lowest BCUT2D eigenvalue weighted by atomic mass is 10.1. The van der Waals surface area contributed by atoms with Gasteiger partial charge in [-0.3, -0.25) is 28.8 Å². The van der Waals surface area contributed by atoms with Crippen LogP contribution in [0.15, 0.2) is 60.8 Å². The van der Waals surface area contributed by atoms with E-state index >= 15 is 0 Å². The van der Waals surface area contributed by atoms with Crippen LogP contribution in [-0.4, -0.2) is 80.5 Å². The minimum absolute atomic E-state index is 0.00175. The number of carbonyl (C=O) groups is 6. The molecular weight excluding hydrogens is 602 g/mol. The second-order valence-electron chi connectivity index (χ2n) is 9.90. The van der Waals surface area contributed by atoms with Crippen molar-refractivity contribution in [2.75, 3.05) is 12.3 Å². The van der Waals surface area contributed by atoms with Crippen LogP contribution < -0.4 is 16.4 Å². The Morgan fingerprint density at radius 1 is 0.800 bits per heavy atom. The average Bonchev–Trinajstić information content (AvgIpc) is 2.98. The average molecular weight is 650 g/mol. The van der Waals surface area contributed by atoms with Crippen molar-refractivity contribution >= 4 is 47.3 Å². The molecule has 12 nitrogen and oxygen atoms in total. The summed E-state index contributed by atoms with van der Waals surface area (Å²) in [4.78, 5) is 70.1. The third-order valence-corrected chi connectivity index (χ3v) is 7.19. The van der Waals surface area contributed by atoms with Crippen LogP contribution in [0, 0.1) is 0 Å². The second-order valence-corrected chi connectivity index (χ2v) is 11.2. The number of Topliss-reactive ketones (excluding diaryl/α,β-unsaturated/α-hetero) is 1. The van der Waals surface area contributed by atoms with Crippen LogP contribution in [0.3, 0.4) is 0 Å². The minimum Gasteiger partial charge on any atom is -0.481 e. The molecule has 3 atom stereocenters. The number of rotatable bonds is 26. The van der Waals surface area contributed by atoms with Crippen LogP contribution in [0.5, 0.6) is 0 Å². The van der Waals surface area contributed by atoms with Gasteiger partial charge in [-0.05, 0) is 38.5 Å². The summed E-state index contributed by atoms with van der Waals surface area (Å²) in [5.74, 6) is -4.61. The van der Waals surface area contributed by atoms with Gasteiger partial charge >= 0.3 is 17.9 Å². The van der Waals surface area contributed by atoms with Crippen LogP contribution in [0.2, 0.25) is 0 Å². The Balaban J connectivity index is 5.25. The zero-order valence-electron chi connectivity index (χ0n) is 25.8. The fourth-order valence-corrected chi connectivity index (χ4v) is 4.71. The molecule has 0 aliphatic carbocycles. The molecule has 45 heavy (non-hydrogen) atoms. The predicted octanol–water partition coefficient (Wildman–Crippen LogP) is 3.54. The summed E-state index contributed by atoms with van der Waals surface area (Å²) in [7, 11) is 0. The first-order valence-corrected chi connectivity index (χ1v) is 15.9. The van der Waals surface area contributed by atoms with Crippen molar-refractivity contribution in [1.82, 2.24) is 10.6 Å². The molecule has 0 aliphatic rings. The van der Waals surface area contributed by atoms with Gasteiger partial charge < -0.3 is 31.7 Å². The summed E-state index contributed by atoms with van der Waals surface area (Å²) >= 11 is 1.27. The van der Waals surface area contributed by atoms with Crippen molar-refractivity contribution in [3.05, 3.63) is 60.8 Å². The topological polar surface area (TPSA) is 213 Å². The summed E-state index contributed by atoms with van der Waals surface area (Å²) in [6.45, 7) is 1.32. The van der Waals surface area contributed by atoms with Gasteiger partial charge in [0.2, 0.25) is 11.8 Å². The molecule has 0 saturated carbocycles. The highest BCUT2D eigenvalue weighted by Crippen LogP contribution is 2.20. The Morgan fingerprint density at radius 3 is 2.00 bits per heavy atom. The summed E-state index contributed by atoms with van der Waals surface area (Å²) < 4.78 is 0. The number of ketones is 1. The third kappa shape index (κ3) is 25.1. The van der Waals surface area contributed by atoms with Crippen LogP contribution >= 0.6 is 11.8 Å². The Morgan fingerprint density at radius 2 is 1.42 bits per heavy atom. The molecule has 250 valence electrons. The van der Waals surface area contributed by atoms with Gasteiger partial charge in [0.1, 0.15) is 24.4 Å². The van der Waals surface area contributed by atoms with E-state index in [9.17, 15) is 28.8 Å². The molecule has 0 radical (unpaired) electrons. The van der Waals surface area contributed by atoms with E-state index in [-0.39, 0.29) is 48.9 Å². The van der Waals surface area contributed by atoms with Crippen molar-refractivity contribution in [3.8, 4) is 0 Å². The van der Waals surface area contributed by atoms with Gasteiger partial charge in [-0.1, -0.05) is 67.7 Å². The number of hydrogen-bond donors (Lipinski definition) is 6. The number of carbonyl (C=O) groups excluding carboxylic acids is 3. The highest BCUT2D eigenvalue weighted by atomic mass is 32.2. The molecule has 0 rings (SSSR count). The number of hydrogen-bond acceptors (Lipinski definition) is 8. The van der Waals surface area contributed by atoms with E-state index in [1.807, 2.05) is 61.6 Å². The van der Waals surface area contributed by atoms with Gasteiger partial charge in [0, 0.05) is 36.7 Å². The number of carboxylic acid groups (broad SMARTS) is 3. The highest BCUT2D eigenvalue weighted by Gasteiger charge is 2.24. The monoisotopic (exact) mass is 649 g/mol. The Hall–Kier alpha value is -3.97. The molecule has 1 unspecified atom stereocenters. The molecule has 7 N–H and O–H groups in total. The summed E-state index contributed by atoms with van der Waals surface area (Å²) in [5.41, 5.74) is 5.45. The molecule has 0 fully saturated rings.